The van der Waals surface area contributed by atoms with Crippen molar-refractivity contribution in [2.75, 3.05) is 0 Å². The van der Waals surface area contributed by atoms with Gasteiger partial charge in [-0.05, 0) is 6.92 Å². The molecule has 1 unspecified atom stereocenters. The Balaban J connectivity index is 2.66. The maximum absolute atomic E-state index is 8.42. The smallest absolute Gasteiger partial charge is 0.111 e. The lowest BCUT2D eigenvalue weighted by molar-refractivity contribution is 0.621. The van der Waals surface area contributed by atoms with E-state index in [0.29, 0.717) is 6.54 Å². The SMILES string of the molecule is Cc1nccn1CC(N)C#N. The molecule has 1 rings (SSSR count). The quantitative estimate of drug-likeness (QED) is 0.647. The first kappa shape index (κ1) is 7.76. The molecule has 0 aliphatic carbocycles. The number of imidazole rings is 1. The zero-order valence-electron chi connectivity index (χ0n) is 6.36. The second-order valence-electron chi connectivity index (χ2n) is 2.36. The summed E-state index contributed by atoms with van der Waals surface area (Å²) in [7, 11) is 0. The molecule has 0 aliphatic heterocycles. The van der Waals surface area contributed by atoms with Gasteiger partial charge in [0.25, 0.3) is 0 Å². The van der Waals surface area contributed by atoms with Crippen LogP contribution in [0.15, 0.2) is 12.4 Å². The van der Waals surface area contributed by atoms with Gasteiger partial charge in [0.05, 0.1) is 12.6 Å². The summed E-state index contributed by atoms with van der Waals surface area (Å²) in [4.78, 5) is 4.00. The van der Waals surface area contributed by atoms with Crippen LogP contribution in [-0.4, -0.2) is 15.6 Å². The average molecular weight is 150 g/mol. The van der Waals surface area contributed by atoms with Crippen molar-refractivity contribution in [2.24, 2.45) is 5.73 Å². The Morgan fingerprint density at radius 3 is 3.09 bits per heavy atom. The highest BCUT2D eigenvalue weighted by Gasteiger charge is 2.02. The van der Waals surface area contributed by atoms with Gasteiger partial charge in [0, 0.05) is 12.4 Å². The minimum absolute atomic E-state index is 0.442. The monoisotopic (exact) mass is 150 g/mol. The van der Waals surface area contributed by atoms with Crippen LogP contribution in [0, 0.1) is 18.3 Å². The highest BCUT2D eigenvalue weighted by Crippen LogP contribution is 1.95. The summed E-state index contributed by atoms with van der Waals surface area (Å²) in [6.07, 6.45) is 3.51. The second kappa shape index (κ2) is 3.17. The third-order valence-corrected chi connectivity index (χ3v) is 1.48. The molecule has 0 amide bonds. The topological polar surface area (TPSA) is 67.6 Å². The van der Waals surface area contributed by atoms with E-state index >= 15 is 0 Å². The summed E-state index contributed by atoms with van der Waals surface area (Å²) in [6, 6.07) is 1.52. The van der Waals surface area contributed by atoms with E-state index < -0.39 is 6.04 Å². The van der Waals surface area contributed by atoms with Crippen LogP contribution in [0.2, 0.25) is 0 Å². The number of aryl methyl sites for hydroxylation is 1. The second-order valence-corrected chi connectivity index (χ2v) is 2.36. The lowest BCUT2D eigenvalue weighted by atomic mass is 10.3. The molecular weight excluding hydrogens is 140 g/mol. The summed E-state index contributed by atoms with van der Waals surface area (Å²) in [6.45, 7) is 2.40. The van der Waals surface area contributed by atoms with Crippen LogP contribution >= 0.6 is 0 Å². The standard InChI is InChI=1S/C7H10N4/c1-6-10-2-3-11(6)5-7(9)4-8/h2-3,7H,5,9H2,1H3. The normalized spacial score (nSPS) is 12.5. The number of hydrogen-bond donors (Lipinski definition) is 1. The molecule has 0 saturated heterocycles. The van der Waals surface area contributed by atoms with Gasteiger partial charge >= 0.3 is 0 Å². The number of rotatable bonds is 2. The van der Waals surface area contributed by atoms with E-state index in [0.717, 1.165) is 5.82 Å². The number of aromatic nitrogens is 2. The number of nitriles is 1. The van der Waals surface area contributed by atoms with Gasteiger partial charge in [-0.15, -0.1) is 0 Å². The highest BCUT2D eigenvalue weighted by molar-refractivity contribution is 4.94. The van der Waals surface area contributed by atoms with E-state index in [4.69, 9.17) is 11.0 Å². The minimum atomic E-state index is -0.442. The van der Waals surface area contributed by atoms with Crippen molar-refractivity contribution < 1.29 is 0 Å². The highest BCUT2D eigenvalue weighted by atomic mass is 15.1. The molecule has 58 valence electrons. The summed E-state index contributed by atoms with van der Waals surface area (Å²) in [5.41, 5.74) is 5.42. The first-order valence-corrected chi connectivity index (χ1v) is 3.37. The molecule has 0 spiro atoms. The van der Waals surface area contributed by atoms with Crippen molar-refractivity contribution in [1.82, 2.24) is 9.55 Å². The molecule has 11 heavy (non-hydrogen) atoms. The molecule has 2 N–H and O–H groups in total. The number of nitrogens with two attached hydrogens (primary N) is 1. The van der Waals surface area contributed by atoms with Crippen LogP contribution in [0.1, 0.15) is 5.82 Å². The molecule has 0 bridgehead atoms. The Bertz CT molecular complexity index is 270. The van der Waals surface area contributed by atoms with Crippen LogP contribution < -0.4 is 5.73 Å². The van der Waals surface area contributed by atoms with Crippen molar-refractivity contribution in [3.63, 3.8) is 0 Å². The average Bonchev–Trinajstić information content (AvgIpc) is 2.37. The Morgan fingerprint density at radius 2 is 2.64 bits per heavy atom. The largest absolute Gasteiger partial charge is 0.333 e. The summed E-state index contributed by atoms with van der Waals surface area (Å²) in [5, 5.41) is 8.42. The van der Waals surface area contributed by atoms with Gasteiger partial charge < -0.3 is 10.3 Å². The van der Waals surface area contributed by atoms with Crippen LogP contribution in [0.4, 0.5) is 0 Å². The van der Waals surface area contributed by atoms with E-state index in [1.165, 1.54) is 0 Å². The third kappa shape index (κ3) is 1.79. The van der Waals surface area contributed by atoms with E-state index in [2.05, 4.69) is 4.98 Å². The Kier molecular flexibility index (Phi) is 2.24. The fraction of sp³-hybridized carbons (Fsp3) is 0.429. The zero-order valence-corrected chi connectivity index (χ0v) is 6.36. The van der Waals surface area contributed by atoms with Crippen LogP contribution in [0.25, 0.3) is 0 Å². The minimum Gasteiger partial charge on any atom is -0.333 e. The summed E-state index contributed by atoms with van der Waals surface area (Å²) >= 11 is 0. The molecule has 4 heteroatoms. The lowest BCUT2D eigenvalue weighted by Crippen LogP contribution is -2.24. The van der Waals surface area contributed by atoms with Gasteiger partial charge in [0.2, 0.25) is 0 Å². The van der Waals surface area contributed by atoms with E-state index in [-0.39, 0.29) is 0 Å². The number of nitrogens with zero attached hydrogens (tertiary/aromatic N) is 3. The molecule has 1 atom stereocenters. The van der Waals surface area contributed by atoms with Crippen molar-refractivity contribution in [1.29, 1.82) is 5.26 Å². The molecule has 1 heterocycles. The summed E-state index contributed by atoms with van der Waals surface area (Å²) < 4.78 is 1.86. The van der Waals surface area contributed by atoms with Crippen molar-refractivity contribution in [3.05, 3.63) is 18.2 Å². The predicted octanol–water partition coefficient (Wildman–Crippen LogP) is 0.0424. The molecule has 0 fully saturated rings. The molecule has 0 saturated carbocycles. The van der Waals surface area contributed by atoms with Crippen LogP contribution in [0.5, 0.6) is 0 Å². The van der Waals surface area contributed by atoms with Gasteiger partial charge in [-0.2, -0.15) is 5.26 Å². The van der Waals surface area contributed by atoms with Crippen molar-refractivity contribution in [3.8, 4) is 6.07 Å². The third-order valence-electron chi connectivity index (χ3n) is 1.48. The molecule has 0 radical (unpaired) electrons. The van der Waals surface area contributed by atoms with Crippen LogP contribution in [0.3, 0.4) is 0 Å². The van der Waals surface area contributed by atoms with Crippen molar-refractivity contribution >= 4 is 0 Å². The molecule has 4 nitrogen and oxygen atoms in total. The summed E-state index contributed by atoms with van der Waals surface area (Å²) in [5.74, 6) is 0.885. The molecule has 0 aromatic carbocycles. The predicted molar refractivity (Wildman–Crippen MR) is 40.6 cm³/mol. The van der Waals surface area contributed by atoms with Gasteiger partial charge in [-0.25, -0.2) is 4.98 Å². The molecule has 1 aromatic heterocycles. The van der Waals surface area contributed by atoms with Gasteiger partial charge in [0.15, 0.2) is 0 Å². The van der Waals surface area contributed by atoms with Gasteiger partial charge in [-0.3, -0.25) is 0 Å². The molecular formula is C7H10N4. The lowest BCUT2D eigenvalue weighted by Gasteiger charge is -2.04. The zero-order chi connectivity index (χ0) is 8.27. The first-order chi connectivity index (χ1) is 5.24. The van der Waals surface area contributed by atoms with Crippen molar-refractivity contribution in [2.45, 2.75) is 19.5 Å². The molecule has 0 aliphatic rings. The fourth-order valence-electron chi connectivity index (χ4n) is 0.849. The van der Waals surface area contributed by atoms with Crippen LogP contribution in [-0.2, 0) is 6.54 Å². The van der Waals surface area contributed by atoms with Gasteiger partial charge in [-0.1, -0.05) is 0 Å². The van der Waals surface area contributed by atoms with E-state index in [9.17, 15) is 0 Å². The first-order valence-electron chi connectivity index (χ1n) is 3.37. The molecule has 1 aromatic rings. The Hall–Kier alpha value is -1.34. The fourth-order valence-corrected chi connectivity index (χ4v) is 0.849. The van der Waals surface area contributed by atoms with E-state index in [1.807, 2.05) is 23.8 Å². The maximum Gasteiger partial charge on any atom is 0.111 e. The Morgan fingerprint density at radius 1 is 1.91 bits per heavy atom. The maximum atomic E-state index is 8.42. The van der Waals surface area contributed by atoms with E-state index in [1.54, 1.807) is 6.20 Å². The number of hydrogen-bond acceptors (Lipinski definition) is 3. The Labute approximate surface area is 65.3 Å². The van der Waals surface area contributed by atoms with Gasteiger partial charge in [0.1, 0.15) is 11.9 Å².